The first-order valence-corrected chi connectivity index (χ1v) is 21.6. The van der Waals surface area contributed by atoms with Crippen molar-refractivity contribution in [3.63, 3.8) is 0 Å². The molecule has 0 fully saturated rings. The number of aromatic nitrogens is 1. The number of carbonyl (C=O) groups is 5. The van der Waals surface area contributed by atoms with Gasteiger partial charge >= 0.3 is 0 Å². The van der Waals surface area contributed by atoms with E-state index in [1.165, 1.54) is 12.2 Å². The second-order valence-electron chi connectivity index (χ2n) is 15.8. The molecule has 5 amide bonds. The lowest BCUT2D eigenvalue weighted by molar-refractivity contribution is -0.137. The lowest BCUT2D eigenvalue weighted by atomic mass is 10.0. The number of amides is 5. The first-order valence-electron chi connectivity index (χ1n) is 21.6. The summed E-state index contributed by atoms with van der Waals surface area (Å²) in [6.07, 6.45) is 2.55. The third-order valence-electron chi connectivity index (χ3n) is 11.0. The van der Waals surface area contributed by atoms with E-state index in [0.29, 0.717) is 72.4 Å². The topological polar surface area (TPSA) is 207 Å². The minimum absolute atomic E-state index is 0.179. The number of nitrogens with zero attached hydrogens (tertiary/aromatic N) is 3. The number of hydrogen-bond donors (Lipinski definition) is 4. The van der Waals surface area contributed by atoms with Gasteiger partial charge in [0.25, 0.3) is 23.6 Å². The van der Waals surface area contributed by atoms with Crippen LogP contribution in [0.4, 0.5) is 11.4 Å². The lowest BCUT2D eigenvalue weighted by Gasteiger charge is -2.23. The largest absolute Gasteiger partial charge is 0.493 e. The Labute approximate surface area is 376 Å². The van der Waals surface area contributed by atoms with E-state index in [9.17, 15) is 24.0 Å². The second-order valence-corrected chi connectivity index (χ2v) is 15.8. The summed E-state index contributed by atoms with van der Waals surface area (Å²) in [6.45, 7) is 3.38. The first kappa shape index (κ1) is 46.1. The number of nitrogens with two attached hydrogens (primary N) is 1. The molecule has 0 spiro atoms. The van der Waals surface area contributed by atoms with Crippen LogP contribution in [0.3, 0.4) is 0 Å². The Morgan fingerprint density at radius 3 is 2.25 bits per heavy atom. The van der Waals surface area contributed by atoms with E-state index >= 15 is 0 Å². The Morgan fingerprint density at radius 2 is 1.54 bits per heavy atom. The quantitative estimate of drug-likeness (QED) is 0.0415. The molecular formula is C48H55N7O10. The van der Waals surface area contributed by atoms with Gasteiger partial charge in [0, 0.05) is 91.0 Å². The molecule has 65 heavy (non-hydrogen) atoms. The van der Waals surface area contributed by atoms with E-state index < -0.39 is 12.0 Å². The van der Waals surface area contributed by atoms with Crippen LogP contribution in [-0.4, -0.2) is 131 Å². The lowest BCUT2D eigenvalue weighted by Crippen LogP contribution is -2.35. The van der Waals surface area contributed by atoms with E-state index in [1.807, 2.05) is 67.5 Å². The summed E-state index contributed by atoms with van der Waals surface area (Å²) in [6, 6.07) is 22.1. The number of carbonyl (C=O) groups excluding carboxylic acids is 5. The molecule has 0 bridgehead atoms. The summed E-state index contributed by atoms with van der Waals surface area (Å²) < 4.78 is 29.5. The van der Waals surface area contributed by atoms with Crippen LogP contribution in [0.15, 0.2) is 84.9 Å². The Bertz CT molecular complexity index is 2540. The first-order chi connectivity index (χ1) is 31.5. The van der Waals surface area contributed by atoms with Crippen molar-refractivity contribution in [1.29, 1.82) is 0 Å². The smallest absolute Gasteiger partial charge is 0.274 e. The minimum atomic E-state index is -1.07. The predicted molar refractivity (Wildman–Crippen MR) is 245 cm³/mol. The Morgan fingerprint density at radius 1 is 0.831 bits per heavy atom. The zero-order valence-corrected chi connectivity index (χ0v) is 36.9. The fourth-order valence-corrected chi connectivity index (χ4v) is 7.69. The fraction of sp³-hybridized carbons (Fsp3) is 0.354. The number of rotatable bonds is 23. The number of fused-ring (bicyclic) bond motifs is 4. The van der Waals surface area contributed by atoms with Crippen LogP contribution in [0.25, 0.3) is 21.7 Å². The predicted octanol–water partition coefficient (Wildman–Crippen LogP) is 4.15. The van der Waals surface area contributed by atoms with Crippen molar-refractivity contribution in [2.75, 3.05) is 97.6 Å². The number of H-pyrrole nitrogens is 1. The number of likely N-dealkylation sites (N-methyl/N-ethyl adjacent to an activating group) is 1. The van der Waals surface area contributed by atoms with Gasteiger partial charge in [-0.15, -0.1) is 0 Å². The second kappa shape index (κ2) is 21.6. The minimum Gasteiger partial charge on any atom is -0.493 e. The molecule has 5 N–H and O–H groups in total. The summed E-state index contributed by atoms with van der Waals surface area (Å²) in [5, 5.41) is 8.22. The van der Waals surface area contributed by atoms with E-state index in [-0.39, 0.29) is 69.6 Å². The van der Waals surface area contributed by atoms with Crippen molar-refractivity contribution < 1.29 is 47.7 Å². The molecule has 342 valence electrons. The van der Waals surface area contributed by atoms with Crippen LogP contribution in [0.5, 0.6) is 17.2 Å². The molecule has 1 unspecified atom stereocenters. The molecule has 17 heteroatoms. The normalized spacial score (nSPS) is 13.8. The van der Waals surface area contributed by atoms with Gasteiger partial charge in [-0.1, -0.05) is 36.4 Å². The van der Waals surface area contributed by atoms with Crippen molar-refractivity contribution in [3.05, 3.63) is 102 Å². The molecule has 0 saturated heterocycles. The monoisotopic (exact) mass is 889 g/mol. The van der Waals surface area contributed by atoms with Crippen molar-refractivity contribution in [2.45, 2.75) is 25.4 Å². The van der Waals surface area contributed by atoms with Gasteiger partial charge in [0.2, 0.25) is 12.0 Å². The third kappa shape index (κ3) is 11.4. The summed E-state index contributed by atoms with van der Waals surface area (Å²) in [7, 11) is 5.54. The number of ether oxygens (including phenoxy) is 5. The number of hydrogen-bond acceptors (Lipinski definition) is 12. The van der Waals surface area contributed by atoms with E-state index in [0.717, 1.165) is 38.7 Å². The maximum atomic E-state index is 14.3. The number of aromatic amines is 1. The van der Waals surface area contributed by atoms with Crippen molar-refractivity contribution in [3.8, 4) is 17.2 Å². The Balaban J connectivity index is 0.952. The van der Waals surface area contributed by atoms with Crippen LogP contribution in [0.2, 0.25) is 0 Å². The summed E-state index contributed by atoms with van der Waals surface area (Å²) in [5.74, 6) is 0.0635. The SMILES string of the molecule is COc1cc2[nH]c(C(=O)N3CCc4c3cc(OC(C(=O)NCCOCCOCCNC(=O)CCCN3C(=O)C=CC3=O)c3ccc(N)cc3)c3ccccc43)cc2cc1OCCN(C)C. The number of anilines is 2. The van der Waals surface area contributed by atoms with Crippen LogP contribution in [0, 0.1) is 0 Å². The number of benzene rings is 4. The van der Waals surface area contributed by atoms with Crippen molar-refractivity contribution in [1.82, 2.24) is 25.4 Å². The van der Waals surface area contributed by atoms with E-state index in [2.05, 4.69) is 15.6 Å². The molecule has 3 heterocycles. The van der Waals surface area contributed by atoms with Crippen molar-refractivity contribution in [2.24, 2.45) is 0 Å². The van der Waals surface area contributed by atoms with Crippen LogP contribution in [0.1, 0.15) is 40.6 Å². The zero-order valence-electron chi connectivity index (χ0n) is 36.9. The van der Waals surface area contributed by atoms with E-state index in [4.69, 9.17) is 29.4 Å². The van der Waals surface area contributed by atoms with Crippen LogP contribution >= 0.6 is 0 Å². The molecule has 0 aliphatic carbocycles. The van der Waals surface area contributed by atoms with Gasteiger partial charge < -0.3 is 54.8 Å². The molecule has 2 aliphatic heterocycles. The third-order valence-corrected chi connectivity index (χ3v) is 11.0. The molecule has 2 aliphatic rings. The van der Waals surface area contributed by atoms with Gasteiger partial charge in [-0.05, 0) is 62.2 Å². The van der Waals surface area contributed by atoms with Gasteiger partial charge in [-0.25, -0.2) is 0 Å². The summed E-state index contributed by atoms with van der Waals surface area (Å²) in [4.78, 5) is 71.8. The standard InChI is InChI=1S/C48H55N7O10/c1-53(2)21-24-64-42-28-32-27-38(52-37(32)29-41(42)61-3)48(60)54-20-16-35-34-7-4-5-8-36(34)40(30-39(35)54)65-46(31-10-12-33(49)13-11-31)47(59)51-18-23-63-26-25-62-22-17-50-43(56)9-6-19-55-44(57)14-15-45(55)58/h4-5,7-8,10-15,27-30,46,52H,6,9,16-26,49H2,1-3H3,(H,50,56)(H,51,59). The summed E-state index contributed by atoms with van der Waals surface area (Å²) >= 11 is 0. The van der Waals surface area contributed by atoms with Crippen molar-refractivity contribution >= 4 is 62.6 Å². The Kier molecular flexibility index (Phi) is 15.3. The zero-order chi connectivity index (χ0) is 45.9. The van der Waals surface area contributed by atoms with Gasteiger partial charge in [0.1, 0.15) is 18.1 Å². The number of methoxy groups -OCH3 is 1. The summed E-state index contributed by atoms with van der Waals surface area (Å²) in [5.41, 5.74) is 10.00. The van der Waals surface area contributed by atoms with Crippen LogP contribution in [-0.2, 0) is 35.1 Å². The molecule has 1 atom stereocenters. The number of nitrogens with one attached hydrogen (secondary N) is 3. The molecular weight excluding hydrogens is 835 g/mol. The molecule has 17 nitrogen and oxygen atoms in total. The molecule has 1 aromatic heterocycles. The molecule has 4 aromatic carbocycles. The number of nitrogen functional groups attached to an aromatic ring is 1. The molecule has 7 rings (SSSR count). The van der Waals surface area contributed by atoms with Gasteiger partial charge in [-0.3, -0.25) is 28.9 Å². The molecule has 5 aromatic rings. The van der Waals surface area contributed by atoms with Gasteiger partial charge in [0.15, 0.2) is 11.5 Å². The highest BCUT2D eigenvalue weighted by atomic mass is 16.5. The fourth-order valence-electron chi connectivity index (χ4n) is 7.69. The van der Waals surface area contributed by atoms with Gasteiger partial charge in [-0.2, -0.15) is 0 Å². The molecule has 0 radical (unpaired) electrons. The highest BCUT2D eigenvalue weighted by Gasteiger charge is 2.31. The number of imide groups is 1. The highest BCUT2D eigenvalue weighted by molar-refractivity contribution is 6.13. The molecule has 0 saturated carbocycles. The average Bonchev–Trinajstić information content (AvgIpc) is 4.02. The highest BCUT2D eigenvalue weighted by Crippen LogP contribution is 2.42. The average molecular weight is 890 g/mol. The Hall–Kier alpha value is -6.95. The van der Waals surface area contributed by atoms with Gasteiger partial charge in [0.05, 0.1) is 39.2 Å². The van der Waals surface area contributed by atoms with Crippen LogP contribution < -0.4 is 35.5 Å². The maximum Gasteiger partial charge on any atom is 0.274 e. The van der Waals surface area contributed by atoms with E-state index in [1.54, 1.807) is 36.3 Å². The maximum absolute atomic E-state index is 14.3.